The standard InChI is InChI=1S/C23H25N3O4/c1-14(12-13-26(2)3)20(27)16-10-7-11-17(21(16)28)25-19-18(22(29)23(19)30)24-15-8-5-4-6-9-15/h4-11,14,24-25,28H,12-13H2,1-3H3. The third-order valence-electron chi connectivity index (χ3n) is 4.97. The third kappa shape index (κ3) is 4.41. The molecule has 3 rings (SSSR count). The van der Waals surface area contributed by atoms with E-state index in [0.717, 1.165) is 6.54 Å². The monoisotopic (exact) mass is 407 g/mol. The summed E-state index contributed by atoms with van der Waals surface area (Å²) in [5.74, 6) is -0.682. The van der Waals surface area contributed by atoms with Crippen LogP contribution >= 0.6 is 0 Å². The second-order valence-electron chi connectivity index (χ2n) is 7.58. The lowest BCUT2D eigenvalue weighted by molar-refractivity contribution is 0.0916. The number of aromatic hydroxyl groups is 1. The van der Waals surface area contributed by atoms with E-state index in [1.165, 1.54) is 0 Å². The molecule has 0 bridgehead atoms. The molecule has 0 saturated carbocycles. The van der Waals surface area contributed by atoms with Gasteiger partial charge in [-0.15, -0.1) is 0 Å². The van der Waals surface area contributed by atoms with Crippen LogP contribution in [-0.4, -0.2) is 36.4 Å². The van der Waals surface area contributed by atoms with E-state index in [4.69, 9.17) is 0 Å². The Labute approximate surface area is 174 Å². The van der Waals surface area contributed by atoms with Gasteiger partial charge in [0.15, 0.2) is 5.78 Å². The molecule has 0 fully saturated rings. The first kappa shape index (κ1) is 21.3. The second-order valence-corrected chi connectivity index (χ2v) is 7.58. The number of hydrogen-bond donors (Lipinski definition) is 3. The van der Waals surface area contributed by atoms with Gasteiger partial charge < -0.3 is 20.6 Å². The number of rotatable bonds is 9. The number of para-hydroxylation sites is 2. The molecule has 1 atom stereocenters. The quantitative estimate of drug-likeness (QED) is 0.284. The predicted molar refractivity (Wildman–Crippen MR) is 119 cm³/mol. The Morgan fingerprint density at radius 2 is 1.60 bits per heavy atom. The number of phenols is 1. The smallest absolute Gasteiger partial charge is 0.253 e. The number of Topliss-reactive ketones (excluding diaryl/α,β-unsaturated/α-hetero) is 1. The molecule has 0 spiro atoms. The van der Waals surface area contributed by atoms with Crippen molar-refractivity contribution in [3.05, 3.63) is 74.5 Å². The highest BCUT2D eigenvalue weighted by Crippen LogP contribution is 2.33. The number of nitrogens with zero attached hydrogens (tertiary/aromatic N) is 1. The van der Waals surface area contributed by atoms with Gasteiger partial charge >= 0.3 is 0 Å². The molecule has 7 nitrogen and oxygen atoms in total. The van der Waals surface area contributed by atoms with Crippen molar-refractivity contribution in [3.63, 3.8) is 0 Å². The van der Waals surface area contributed by atoms with E-state index < -0.39 is 10.9 Å². The van der Waals surface area contributed by atoms with Crippen molar-refractivity contribution in [2.75, 3.05) is 31.3 Å². The van der Waals surface area contributed by atoms with Crippen molar-refractivity contribution in [2.45, 2.75) is 13.3 Å². The molecule has 3 N–H and O–H groups in total. The Hall–Kier alpha value is -3.45. The average Bonchev–Trinajstić information content (AvgIpc) is 2.75. The van der Waals surface area contributed by atoms with Crippen LogP contribution in [0.1, 0.15) is 23.7 Å². The van der Waals surface area contributed by atoms with E-state index in [9.17, 15) is 19.5 Å². The molecule has 156 valence electrons. The lowest BCUT2D eigenvalue weighted by atomic mass is 9.95. The van der Waals surface area contributed by atoms with Gasteiger partial charge in [0.1, 0.15) is 17.1 Å². The van der Waals surface area contributed by atoms with Gasteiger partial charge in [0, 0.05) is 11.6 Å². The summed E-state index contributed by atoms with van der Waals surface area (Å²) in [6, 6.07) is 13.7. The fourth-order valence-electron chi connectivity index (χ4n) is 3.12. The summed E-state index contributed by atoms with van der Waals surface area (Å²) in [6.07, 6.45) is 0.659. The van der Waals surface area contributed by atoms with Gasteiger partial charge in [0.25, 0.3) is 10.9 Å². The minimum Gasteiger partial charge on any atom is -0.505 e. The minimum atomic E-state index is -0.677. The number of hydrogen-bond acceptors (Lipinski definition) is 7. The molecule has 7 heteroatoms. The number of phenolic OH excluding ortho intramolecular Hbond substituents is 1. The maximum atomic E-state index is 12.8. The molecule has 0 amide bonds. The number of anilines is 4. The topological polar surface area (TPSA) is 98.7 Å². The van der Waals surface area contributed by atoms with E-state index in [0.29, 0.717) is 12.1 Å². The Morgan fingerprint density at radius 1 is 0.967 bits per heavy atom. The van der Waals surface area contributed by atoms with Crippen LogP contribution in [0.15, 0.2) is 58.1 Å². The van der Waals surface area contributed by atoms with Crippen molar-refractivity contribution >= 4 is 28.5 Å². The fraction of sp³-hybridized carbons (Fsp3) is 0.261. The van der Waals surface area contributed by atoms with Crippen LogP contribution < -0.4 is 21.5 Å². The molecular weight excluding hydrogens is 382 g/mol. The molecule has 0 aromatic heterocycles. The van der Waals surface area contributed by atoms with E-state index in [-0.39, 0.29) is 40.1 Å². The van der Waals surface area contributed by atoms with E-state index in [1.807, 2.05) is 32.0 Å². The molecule has 3 aromatic rings. The van der Waals surface area contributed by atoms with Crippen LogP contribution in [0.5, 0.6) is 5.75 Å². The minimum absolute atomic E-state index is 0.0596. The second kappa shape index (κ2) is 8.92. The van der Waals surface area contributed by atoms with Crippen LogP contribution in [0.2, 0.25) is 0 Å². The normalized spacial score (nSPS) is 12.1. The number of benzene rings is 2. The summed E-state index contributed by atoms with van der Waals surface area (Å²) < 4.78 is 0. The van der Waals surface area contributed by atoms with Crippen LogP contribution in [0, 0.1) is 5.92 Å². The van der Waals surface area contributed by atoms with Crippen LogP contribution in [0.4, 0.5) is 22.7 Å². The van der Waals surface area contributed by atoms with E-state index in [2.05, 4.69) is 10.6 Å². The zero-order chi connectivity index (χ0) is 21.8. The summed E-state index contributed by atoms with van der Waals surface area (Å²) in [5.41, 5.74) is -0.0812. The van der Waals surface area contributed by atoms with Gasteiger partial charge in [-0.25, -0.2) is 0 Å². The summed E-state index contributed by atoms with van der Waals surface area (Å²) in [7, 11) is 3.87. The largest absolute Gasteiger partial charge is 0.505 e. The molecule has 30 heavy (non-hydrogen) atoms. The van der Waals surface area contributed by atoms with Crippen molar-refractivity contribution in [1.29, 1.82) is 0 Å². The molecule has 0 aliphatic heterocycles. The van der Waals surface area contributed by atoms with Gasteiger partial charge in [-0.1, -0.05) is 31.2 Å². The SMILES string of the molecule is CC(CCN(C)C)C(=O)c1cccc(Nc2c(Nc3ccccc3)c(=O)c2=O)c1O. The Morgan fingerprint density at radius 3 is 2.23 bits per heavy atom. The van der Waals surface area contributed by atoms with Crippen molar-refractivity contribution in [3.8, 4) is 5.75 Å². The van der Waals surface area contributed by atoms with E-state index in [1.54, 1.807) is 42.5 Å². The number of carbonyl (C=O) groups is 1. The Kier molecular flexibility index (Phi) is 6.32. The first-order valence-electron chi connectivity index (χ1n) is 9.73. The zero-order valence-electron chi connectivity index (χ0n) is 17.2. The third-order valence-corrected chi connectivity index (χ3v) is 4.97. The Bertz CT molecular complexity index is 1120. The van der Waals surface area contributed by atoms with Crippen LogP contribution in [0.25, 0.3) is 0 Å². The van der Waals surface area contributed by atoms with Gasteiger partial charge in [-0.2, -0.15) is 0 Å². The highest BCUT2D eigenvalue weighted by Gasteiger charge is 2.24. The lowest BCUT2D eigenvalue weighted by Crippen LogP contribution is -2.35. The van der Waals surface area contributed by atoms with E-state index >= 15 is 0 Å². The Balaban J connectivity index is 1.83. The summed E-state index contributed by atoms with van der Waals surface area (Å²) in [5, 5.41) is 16.4. The molecule has 0 saturated heterocycles. The summed E-state index contributed by atoms with van der Waals surface area (Å²) >= 11 is 0. The van der Waals surface area contributed by atoms with Crippen LogP contribution in [0.3, 0.4) is 0 Å². The molecule has 3 aromatic carbocycles. The fourth-order valence-corrected chi connectivity index (χ4v) is 3.12. The van der Waals surface area contributed by atoms with Crippen LogP contribution in [-0.2, 0) is 0 Å². The highest BCUT2D eigenvalue weighted by molar-refractivity contribution is 6.02. The van der Waals surface area contributed by atoms with Crippen molar-refractivity contribution in [1.82, 2.24) is 4.90 Å². The maximum absolute atomic E-state index is 12.8. The average molecular weight is 407 g/mol. The van der Waals surface area contributed by atoms with Gasteiger partial charge in [-0.3, -0.25) is 14.4 Å². The molecule has 0 radical (unpaired) electrons. The number of ketones is 1. The zero-order valence-corrected chi connectivity index (χ0v) is 17.2. The molecule has 1 unspecified atom stereocenters. The molecule has 0 aliphatic carbocycles. The predicted octanol–water partition coefficient (Wildman–Crippen LogP) is 3.25. The number of nitrogens with one attached hydrogen (secondary N) is 2. The highest BCUT2D eigenvalue weighted by atomic mass is 16.3. The van der Waals surface area contributed by atoms with Gasteiger partial charge in [0.2, 0.25) is 0 Å². The van der Waals surface area contributed by atoms with Crippen molar-refractivity contribution < 1.29 is 9.90 Å². The maximum Gasteiger partial charge on any atom is 0.253 e. The first-order valence-corrected chi connectivity index (χ1v) is 9.73. The number of carbonyl (C=O) groups excluding carboxylic acids is 1. The molecular formula is C23H25N3O4. The summed E-state index contributed by atoms with van der Waals surface area (Å²) in [6.45, 7) is 2.58. The molecule has 0 heterocycles. The molecule has 0 aliphatic rings. The first-order chi connectivity index (χ1) is 14.3. The van der Waals surface area contributed by atoms with Gasteiger partial charge in [0.05, 0.1) is 11.3 Å². The van der Waals surface area contributed by atoms with Crippen molar-refractivity contribution in [2.24, 2.45) is 5.92 Å². The lowest BCUT2D eigenvalue weighted by Gasteiger charge is -2.18. The van der Waals surface area contributed by atoms with Gasteiger partial charge in [-0.05, 0) is 51.3 Å². The summed E-state index contributed by atoms with van der Waals surface area (Å²) in [4.78, 5) is 38.9.